The number of alkyl halides is 2. The molecule has 8 heavy (non-hydrogen) atoms. The zero-order valence-corrected chi connectivity index (χ0v) is 6.90. The van der Waals surface area contributed by atoms with Crippen LogP contribution in [0.2, 0.25) is 0 Å². The van der Waals surface area contributed by atoms with Crippen LogP contribution < -0.4 is 0 Å². The summed E-state index contributed by atoms with van der Waals surface area (Å²) in [4.78, 5) is 0. The van der Waals surface area contributed by atoms with Crippen LogP contribution >= 0.6 is 44.8 Å². The molecule has 5 heteroatoms. The summed E-state index contributed by atoms with van der Waals surface area (Å²) in [6, 6.07) is 0. The molecule has 1 rings (SSSR count). The molecule has 0 aliphatic carbocycles. The Bertz CT molecular complexity index is 81.4. The van der Waals surface area contributed by atoms with Crippen LogP contribution in [0.4, 0.5) is 0 Å². The van der Waals surface area contributed by atoms with Crippen molar-refractivity contribution in [2.45, 2.75) is 15.5 Å². The fraction of sp³-hybridized carbons (Fsp3) is 1.00. The summed E-state index contributed by atoms with van der Waals surface area (Å²) >= 11 is 11.2. The first kappa shape index (κ1) is 7.35. The van der Waals surface area contributed by atoms with Crippen LogP contribution in [0.1, 0.15) is 0 Å². The monoisotopic (exact) mass is 190 g/mol. The predicted octanol–water partition coefficient (Wildman–Crippen LogP) is 1.87. The van der Waals surface area contributed by atoms with E-state index in [1.165, 1.54) is 21.6 Å². The van der Waals surface area contributed by atoms with E-state index in [-0.39, 0.29) is 10.1 Å². The third kappa shape index (κ3) is 1.39. The van der Waals surface area contributed by atoms with Crippen molar-refractivity contribution < 1.29 is 5.11 Å². The second-order valence-corrected chi connectivity index (χ2v) is 5.14. The number of aliphatic hydroxyl groups excluding tert-OH is 1. The lowest BCUT2D eigenvalue weighted by molar-refractivity contribution is 0.265. The van der Waals surface area contributed by atoms with Crippen molar-refractivity contribution in [2.75, 3.05) is 0 Å². The van der Waals surface area contributed by atoms with Gasteiger partial charge in [-0.3, -0.25) is 0 Å². The lowest BCUT2D eigenvalue weighted by Gasteiger charge is -2.03. The third-order valence-electron chi connectivity index (χ3n) is 0.769. The zero-order chi connectivity index (χ0) is 6.15. The molecular formula is C3H4Cl2OS2. The smallest absolute Gasteiger partial charge is 0.128 e. The van der Waals surface area contributed by atoms with Crippen molar-refractivity contribution in [3.05, 3.63) is 0 Å². The Morgan fingerprint density at radius 3 is 2.00 bits per heavy atom. The maximum absolute atomic E-state index is 8.89. The molecule has 0 spiro atoms. The van der Waals surface area contributed by atoms with E-state index in [0.717, 1.165) is 0 Å². The van der Waals surface area contributed by atoms with Crippen molar-refractivity contribution in [1.82, 2.24) is 0 Å². The summed E-state index contributed by atoms with van der Waals surface area (Å²) in [7, 11) is 2.74. The number of halogens is 2. The summed E-state index contributed by atoms with van der Waals surface area (Å²) in [5.41, 5.74) is -0.496. The van der Waals surface area contributed by atoms with Gasteiger partial charge in [0, 0.05) is 0 Å². The van der Waals surface area contributed by atoms with E-state index < -0.39 is 5.44 Å². The van der Waals surface area contributed by atoms with E-state index in [1.807, 2.05) is 0 Å². The van der Waals surface area contributed by atoms with Crippen LogP contribution in [0, 0.1) is 0 Å². The Kier molecular flexibility index (Phi) is 2.65. The van der Waals surface area contributed by atoms with Gasteiger partial charge in [-0.1, -0.05) is 21.6 Å². The Balaban J connectivity index is 2.44. The molecule has 1 heterocycles. The minimum absolute atomic E-state index is 0.142. The van der Waals surface area contributed by atoms with E-state index in [9.17, 15) is 0 Å². The molecule has 1 saturated heterocycles. The summed E-state index contributed by atoms with van der Waals surface area (Å²) in [6.45, 7) is 0. The van der Waals surface area contributed by atoms with Gasteiger partial charge in [0.2, 0.25) is 0 Å². The van der Waals surface area contributed by atoms with Gasteiger partial charge in [0.1, 0.15) is 10.1 Å². The standard InChI is InChI=1S/C3H4Cl2OS2/c4-1-2(5)7-8-3(1)6/h1-3,6H. The Hall–Kier alpha value is 1.24. The van der Waals surface area contributed by atoms with Crippen molar-refractivity contribution in [1.29, 1.82) is 0 Å². The van der Waals surface area contributed by atoms with Crippen LogP contribution in [0.25, 0.3) is 0 Å². The minimum atomic E-state index is -0.496. The molecule has 1 aliphatic rings. The van der Waals surface area contributed by atoms with Gasteiger partial charge in [0.25, 0.3) is 0 Å². The molecule has 1 N–H and O–H groups in total. The van der Waals surface area contributed by atoms with Crippen molar-refractivity contribution in [3.63, 3.8) is 0 Å². The topological polar surface area (TPSA) is 20.2 Å². The molecule has 0 bridgehead atoms. The molecule has 1 nitrogen and oxygen atoms in total. The highest BCUT2D eigenvalue weighted by molar-refractivity contribution is 8.78. The van der Waals surface area contributed by atoms with Gasteiger partial charge in [-0.2, -0.15) is 0 Å². The summed E-state index contributed by atoms with van der Waals surface area (Å²) in [5.74, 6) is 0. The summed E-state index contributed by atoms with van der Waals surface area (Å²) in [5, 5.41) is 8.59. The van der Waals surface area contributed by atoms with E-state index >= 15 is 0 Å². The second-order valence-electron chi connectivity index (χ2n) is 1.38. The quantitative estimate of drug-likeness (QED) is 0.466. The van der Waals surface area contributed by atoms with Gasteiger partial charge < -0.3 is 5.11 Å². The Morgan fingerprint density at radius 1 is 1.25 bits per heavy atom. The summed E-state index contributed by atoms with van der Waals surface area (Å²) < 4.78 is -0.142. The average molecular weight is 191 g/mol. The first-order valence-electron chi connectivity index (χ1n) is 2.00. The van der Waals surface area contributed by atoms with Crippen LogP contribution in [-0.2, 0) is 0 Å². The Morgan fingerprint density at radius 2 is 1.88 bits per heavy atom. The highest BCUT2D eigenvalue weighted by atomic mass is 35.5. The van der Waals surface area contributed by atoms with E-state index in [2.05, 4.69) is 0 Å². The number of hydrogen-bond donors (Lipinski definition) is 1. The van der Waals surface area contributed by atoms with Crippen LogP contribution in [-0.4, -0.2) is 20.6 Å². The molecule has 3 atom stereocenters. The SMILES string of the molecule is OC1SSC(Cl)C1Cl. The van der Waals surface area contributed by atoms with Gasteiger partial charge in [-0.15, -0.1) is 23.2 Å². The van der Waals surface area contributed by atoms with Crippen molar-refractivity contribution in [3.8, 4) is 0 Å². The number of rotatable bonds is 0. The minimum Gasteiger partial charge on any atom is -0.380 e. The maximum Gasteiger partial charge on any atom is 0.128 e. The third-order valence-corrected chi connectivity index (χ3v) is 5.17. The second kappa shape index (κ2) is 2.88. The molecule has 0 aromatic rings. The molecule has 3 unspecified atom stereocenters. The highest BCUT2D eigenvalue weighted by Gasteiger charge is 2.33. The van der Waals surface area contributed by atoms with E-state index in [4.69, 9.17) is 28.3 Å². The number of aliphatic hydroxyl groups is 1. The molecule has 0 saturated carbocycles. The Labute approximate surface area is 65.5 Å². The fourth-order valence-electron chi connectivity index (χ4n) is 0.346. The zero-order valence-electron chi connectivity index (χ0n) is 3.75. The molecule has 1 aliphatic heterocycles. The lowest BCUT2D eigenvalue weighted by atomic mass is 10.5. The van der Waals surface area contributed by atoms with Gasteiger partial charge in [0.05, 0.1) is 5.38 Å². The molecule has 48 valence electrons. The van der Waals surface area contributed by atoms with Crippen LogP contribution in [0.15, 0.2) is 0 Å². The average Bonchev–Trinajstić information content (AvgIpc) is 1.98. The van der Waals surface area contributed by atoms with E-state index in [0.29, 0.717) is 0 Å². The maximum atomic E-state index is 8.89. The van der Waals surface area contributed by atoms with Crippen molar-refractivity contribution in [2.24, 2.45) is 0 Å². The highest BCUT2D eigenvalue weighted by Crippen LogP contribution is 2.46. The normalized spacial score (nSPS) is 47.6. The molecule has 0 aromatic heterocycles. The van der Waals surface area contributed by atoms with Gasteiger partial charge in [-0.25, -0.2) is 0 Å². The van der Waals surface area contributed by atoms with Crippen molar-refractivity contribution >= 4 is 44.8 Å². The van der Waals surface area contributed by atoms with Gasteiger partial charge >= 0.3 is 0 Å². The fourth-order valence-corrected chi connectivity index (χ4v) is 3.84. The lowest BCUT2D eigenvalue weighted by Crippen LogP contribution is -2.16. The molecule has 1 fully saturated rings. The van der Waals surface area contributed by atoms with E-state index in [1.54, 1.807) is 0 Å². The van der Waals surface area contributed by atoms with Crippen LogP contribution in [0.5, 0.6) is 0 Å². The first-order valence-corrected chi connectivity index (χ1v) is 5.15. The van der Waals surface area contributed by atoms with Gasteiger partial charge in [-0.05, 0) is 0 Å². The summed E-state index contributed by atoms with van der Waals surface area (Å²) in [6.07, 6.45) is 0. The van der Waals surface area contributed by atoms with Crippen LogP contribution in [0.3, 0.4) is 0 Å². The predicted molar refractivity (Wildman–Crippen MR) is 40.5 cm³/mol. The number of hydrogen-bond acceptors (Lipinski definition) is 3. The molecule has 0 radical (unpaired) electrons. The largest absolute Gasteiger partial charge is 0.380 e. The van der Waals surface area contributed by atoms with Gasteiger partial charge in [0.15, 0.2) is 0 Å². The molecular weight excluding hydrogens is 187 g/mol. The molecule has 0 aromatic carbocycles. The first-order chi connectivity index (χ1) is 3.72. The molecule has 0 amide bonds.